The van der Waals surface area contributed by atoms with Crippen LogP contribution in [-0.2, 0) is 11.2 Å². The minimum Gasteiger partial charge on any atom is -0.486 e. The van der Waals surface area contributed by atoms with E-state index in [-0.39, 0.29) is 17.8 Å². The van der Waals surface area contributed by atoms with Crippen molar-refractivity contribution >= 4 is 17.2 Å². The van der Waals surface area contributed by atoms with Crippen LogP contribution < -0.4 is 9.47 Å². The van der Waals surface area contributed by atoms with Crippen molar-refractivity contribution in [1.29, 1.82) is 0 Å². The quantitative estimate of drug-likeness (QED) is 0.579. The highest BCUT2D eigenvalue weighted by molar-refractivity contribution is 7.12. The molecule has 31 heavy (non-hydrogen) atoms. The van der Waals surface area contributed by atoms with Gasteiger partial charge < -0.3 is 14.4 Å². The van der Waals surface area contributed by atoms with Gasteiger partial charge in [-0.3, -0.25) is 4.79 Å². The Morgan fingerprint density at radius 3 is 2.74 bits per heavy atom. The van der Waals surface area contributed by atoms with E-state index >= 15 is 0 Å². The van der Waals surface area contributed by atoms with Gasteiger partial charge in [0.05, 0.1) is 23.2 Å². The van der Waals surface area contributed by atoms with Gasteiger partial charge in [-0.05, 0) is 61.7 Å². The maximum Gasteiger partial charge on any atom is 0.228 e. The fourth-order valence-corrected chi connectivity index (χ4v) is 5.29. The van der Waals surface area contributed by atoms with E-state index < -0.39 is 0 Å². The molecule has 160 valence electrons. The fraction of sp³-hybridized carbons (Fsp3) is 0.333. The van der Waals surface area contributed by atoms with Crippen molar-refractivity contribution in [2.45, 2.75) is 32.2 Å². The number of carbonyl (C=O) groups is 1. The summed E-state index contributed by atoms with van der Waals surface area (Å²) >= 11 is 1.53. The fourth-order valence-electron chi connectivity index (χ4n) is 4.34. The molecule has 1 unspecified atom stereocenters. The molecule has 0 spiro atoms. The van der Waals surface area contributed by atoms with Crippen LogP contribution in [0.15, 0.2) is 42.5 Å². The van der Waals surface area contributed by atoms with Crippen LogP contribution in [-0.4, -0.2) is 35.5 Å². The molecule has 1 atom stereocenters. The highest BCUT2D eigenvalue weighted by Crippen LogP contribution is 2.39. The standard InChI is InChI=1S/C24H23FN2O3S/c1-15-26-24(16-4-7-18(25)8-5-16)22(31-15)14-23(28)27-10-2-3-19(27)17-6-9-20-21(13-17)30-12-11-29-20/h4-9,13,19H,2-3,10-12,14H2,1H3. The third-order valence-corrected chi connectivity index (χ3v) is 6.73. The summed E-state index contributed by atoms with van der Waals surface area (Å²) < 4.78 is 24.7. The molecule has 1 fully saturated rings. The first kappa shape index (κ1) is 20.0. The molecule has 2 aliphatic heterocycles. The number of hydrogen-bond donors (Lipinski definition) is 0. The van der Waals surface area contributed by atoms with Gasteiger partial charge in [0.1, 0.15) is 19.0 Å². The lowest BCUT2D eigenvalue weighted by Crippen LogP contribution is -2.31. The van der Waals surface area contributed by atoms with Crippen LogP contribution in [0.2, 0.25) is 0 Å². The normalized spacial score (nSPS) is 17.7. The van der Waals surface area contributed by atoms with Crippen molar-refractivity contribution in [3.05, 3.63) is 63.7 Å². The number of nitrogens with zero attached hydrogens (tertiary/aromatic N) is 2. The van der Waals surface area contributed by atoms with Crippen molar-refractivity contribution in [3.8, 4) is 22.8 Å². The van der Waals surface area contributed by atoms with Gasteiger partial charge in [0.15, 0.2) is 11.5 Å². The number of benzene rings is 2. The highest BCUT2D eigenvalue weighted by Gasteiger charge is 2.31. The molecule has 0 bridgehead atoms. The zero-order chi connectivity index (χ0) is 21.4. The zero-order valence-electron chi connectivity index (χ0n) is 17.3. The molecule has 3 heterocycles. The summed E-state index contributed by atoms with van der Waals surface area (Å²) in [5.74, 6) is 1.31. The van der Waals surface area contributed by atoms with Gasteiger partial charge >= 0.3 is 0 Å². The van der Waals surface area contributed by atoms with Crippen molar-refractivity contribution < 1.29 is 18.7 Å². The average molecular weight is 439 g/mol. The summed E-state index contributed by atoms with van der Waals surface area (Å²) in [5, 5.41) is 0.895. The first-order chi connectivity index (χ1) is 15.1. The van der Waals surface area contributed by atoms with Gasteiger partial charge in [-0.2, -0.15) is 0 Å². The van der Waals surface area contributed by atoms with Crippen LogP contribution >= 0.6 is 11.3 Å². The van der Waals surface area contributed by atoms with Crippen LogP contribution in [0.5, 0.6) is 11.5 Å². The van der Waals surface area contributed by atoms with E-state index in [9.17, 15) is 9.18 Å². The summed E-state index contributed by atoms with van der Waals surface area (Å²) in [4.78, 5) is 20.8. The molecule has 5 rings (SSSR count). The topological polar surface area (TPSA) is 51.7 Å². The third kappa shape index (κ3) is 4.02. The summed E-state index contributed by atoms with van der Waals surface area (Å²) in [5.41, 5.74) is 2.68. The predicted octanol–water partition coefficient (Wildman–Crippen LogP) is 4.94. The number of hydrogen-bond acceptors (Lipinski definition) is 5. The third-order valence-electron chi connectivity index (χ3n) is 5.76. The van der Waals surface area contributed by atoms with Crippen LogP contribution in [0.3, 0.4) is 0 Å². The monoisotopic (exact) mass is 438 g/mol. The Bertz CT molecular complexity index is 1110. The number of ether oxygens (including phenoxy) is 2. The molecule has 7 heteroatoms. The second kappa shape index (κ2) is 8.30. The van der Waals surface area contributed by atoms with Crippen LogP contribution in [0, 0.1) is 12.7 Å². The van der Waals surface area contributed by atoms with Crippen molar-refractivity contribution in [1.82, 2.24) is 9.88 Å². The lowest BCUT2D eigenvalue weighted by atomic mass is 10.0. The van der Waals surface area contributed by atoms with Gasteiger partial charge in [-0.25, -0.2) is 9.37 Å². The summed E-state index contributed by atoms with van der Waals surface area (Å²) in [6.45, 7) is 3.77. The first-order valence-electron chi connectivity index (χ1n) is 10.5. The number of thiazole rings is 1. The average Bonchev–Trinajstić information content (AvgIpc) is 3.41. The zero-order valence-corrected chi connectivity index (χ0v) is 18.1. The molecular formula is C24H23FN2O3S. The van der Waals surface area contributed by atoms with E-state index in [1.807, 2.05) is 30.0 Å². The summed E-state index contributed by atoms with van der Waals surface area (Å²) in [6, 6.07) is 12.3. The summed E-state index contributed by atoms with van der Waals surface area (Å²) in [6.07, 6.45) is 2.19. The molecule has 3 aromatic rings. The minimum absolute atomic E-state index is 0.0339. The Kier molecular flexibility index (Phi) is 5.36. The second-order valence-corrected chi connectivity index (χ2v) is 9.12. The molecule has 1 aromatic heterocycles. The minimum atomic E-state index is -0.285. The molecule has 5 nitrogen and oxygen atoms in total. The number of halogens is 1. The van der Waals surface area contributed by atoms with Gasteiger partial charge in [0.25, 0.3) is 0 Å². The lowest BCUT2D eigenvalue weighted by molar-refractivity contribution is -0.131. The number of aromatic nitrogens is 1. The first-order valence-corrected chi connectivity index (χ1v) is 11.3. The number of rotatable bonds is 4. The molecule has 0 radical (unpaired) electrons. The SMILES string of the molecule is Cc1nc(-c2ccc(F)cc2)c(CC(=O)N2CCCC2c2ccc3c(c2)OCCO3)s1. The lowest BCUT2D eigenvalue weighted by Gasteiger charge is -2.27. The largest absolute Gasteiger partial charge is 0.486 e. The molecule has 1 saturated heterocycles. The van der Waals surface area contributed by atoms with E-state index in [1.54, 1.807) is 12.1 Å². The van der Waals surface area contributed by atoms with Gasteiger partial charge in [0, 0.05) is 17.0 Å². The van der Waals surface area contributed by atoms with E-state index in [2.05, 4.69) is 4.98 Å². The number of likely N-dealkylation sites (tertiary alicyclic amines) is 1. The molecule has 0 N–H and O–H groups in total. The van der Waals surface area contributed by atoms with Gasteiger partial charge in [-0.1, -0.05) is 6.07 Å². The Balaban J connectivity index is 1.38. The molecule has 0 saturated carbocycles. The number of amides is 1. The van der Waals surface area contributed by atoms with Crippen LogP contribution in [0.1, 0.15) is 34.3 Å². The maximum absolute atomic E-state index is 13.3. The molecule has 2 aliphatic rings. The molecule has 2 aromatic carbocycles. The van der Waals surface area contributed by atoms with Crippen molar-refractivity contribution in [2.24, 2.45) is 0 Å². The van der Waals surface area contributed by atoms with Crippen molar-refractivity contribution in [3.63, 3.8) is 0 Å². The van der Waals surface area contributed by atoms with E-state index in [0.717, 1.165) is 57.6 Å². The van der Waals surface area contributed by atoms with E-state index in [4.69, 9.17) is 9.47 Å². The number of aryl methyl sites for hydroxylation is 1. The molecule has 0 aliphatic carbocycles. The molecule has 1 amide bonds. The smallest absolute Gasteiger partial charge is 0.228 e. The Morgan fingerprint density at radius 1 is 1.16 bits per heavy atom. The Morgan fingerprint density at radius 2 is 1.94 bits per heavy atom. The van der Waals surface area contributed by atoms with Gasteiger partial charge in [0.2, 0.25) is 5.91 Å². The number of carbonyl (C=O) groups excluding carboxylic acids is 1. The van der Waals surface area contributed by atoms with E-state index in [1.165, 1.54) is 23.5 Å². The number of fused-ring (bicyclic) bond motifs is 1. The van der Waals surface area contributed by atoms with Crippen molar-refractivity contribution in [2.75, 3.05) is 19.8 Å². The van der Waals surface area contributed by atoms with Gasteiger partial charge in [-0.15, -0.1) is 11.3 Å². The summed E-state index contributed by atoms with van der Waals surface area (Å²) in [7, 11) is 0. The van der Waals surface area contributed by atoms with Crippen LogP contribution in [0.25, 0.3) is 11.3 Å². The van der Waals surface area contributed by atoms with E-state index in [0.29, 0.717) is 19.6 Å². The second-order valence-electron chi connectivity index (χ2n) is 7.84. The molecular weight excluding hydrogens is 415 g/mol. The maximum atomic E-state index is 13.3. The Labute approximate surface area is 184 Å². The highest BCUT2D eigenvalue weighted by atomic mass is 32.1. The Hall–Kier alpha value is -2.93. The van der Waals surface area contributed by atoms with Crippen LogP contribution in [0.4, 0.5) is 4.39 Å². The predicted molar refractivity (Wildman–Crippen MR) is 117 cm³/mol.